The van der Waals surface area contributed by atoms with Gasteiger partial charge in [-0.3, -0.25) is 9.78 Å². The van der Waals surface area contributed by atoms with E-state index < -0.39 is 0 Å². The normalized spacial score (nSPS) is 15.2. The minimum absolute atomic E-state index is 0.0278. The highest BCUT2D eigenvalue weighted by Crippen LogP contribution is 2.35. The number of hydrogen-bond acceptors (Lipinski definition) is 4. The summed E-state index contributed by atoms with van der Waals surface area (Å²) in [7, 11) is 1.64. The maximum absolute atomic E-state index is 12.1. The second-order valence-electron chi connectivity index (χ2n) is 6.82. The van der Waals surface area contributed by atoms with Crippen molar-refractivity contribution in [3.8, 4) is 5.75 Å². The highest BCUT2D eigenvalue weighted by atomic mass is 16.5. The Balaban J connectivity index is 1.61. The van der Waals surface area contributed by atoms with Crippen LogP contribution in [0.25, 0.3) is 10.8 Å². The lowest BCUT2D eigenvalue weighted by atomic mass is 10.1. The Kier molecular flexibility index (Phi) is 4.67. The predicted molar refractivity (Wildman–Crippen MR) is 108 cm³/mol. The van der Waals surface area contributed by atoms with Crippen LogP contribution in [0.15, 0.2) is 54.7 Å². The fraction of sp³-hybridized carbons (Fsp3) is 0.273. The topological polar surface area (TPSA) is 54.5 Å². The van der Waals surface area contributed by atoms with Crippen molar-refractivity contribution in [2.24, 2.45) is 0 Å². The van der Waals surface area contributed by atoms with Gasteiger partial charge >= 0.3 is 0 Å². The molecule has 0 saturated carbocycles. The number of carbonyl (C=O) groups excluding carboxylic acids is 1. The number of benzene rings is 2. The molecule has 5 nitrogen and oxygen atoms in total. The number of methoxy groups -OCH3 is 1. The van der Waals surface area contributed by atoms with Crippen LogP contribution in [-0.2, 0) is 4.79 Å². The Hall–Kier alpha value is -3.08. The van der Waals surface area contributed by atoms with Crippen molar-refractivity contribution < 1.29 is 9.53 Å². The van der Waals surface area contributed by atoms with E-state index in [1.165, 1.54) is 5.39 Å². The third kappa shape index (κ3) is 3.33. The number of ether oxygens (including phenoxy) is 1. The molecule has 1 amide bonds. The van der Waals surface area contributed by atoms with Crippen molar-refractivity contribution in [1.82, 2.24) is 4.98 Å². The number of anilines is 2. The second-order valence-corrected chi connectivity index (χ2v) is 6.82. The molecule has 1 saturated heterocycles. The number of amides is 1. The molecule has 1 unspecified atom stereocenters. The highest BCUT2D eigenvalue weighted by Gasteiger charge is 2.24. The Morgan fingerprint density at radius 2 is 2.04 bits per heavy atom. The Labute approximate surface area is 159 Å². The fourth-order valence-corrected chi connectivity index (χ4v) is 3.70. The van der Waals surface area contributed by atoms with Gasteiger partial charge in [0.05, 0.1) is 24.5 Å². The van der Waals surface area contributed by atoms with Crippen LogP contribution in [0.4, 0.5) is 11.4 Å². The molecular formula is C22H23N3O2. The van der Waals surface area contributed by atoms with E-state index in [2.05, 4.69) is 29.4 Å². The van der Waals surface area contributed by atoms with E-state index in [0.717, 1.165) is 35.4 Å². The van der Waals surface area contributed by atoms with Crippen LogP contribution in [0, 0.1) is 0 Å². The van der Waals surface area contributed by atoms with Gasteiger partial charge in [0.25, 0.3) is 0 Å². The summed E-state index contributed by atoms with van der Waals surface area (Å²) in [5, 5.41) is 5.83. The number of aromatic nitrogens is 1. The van der Waals surface area contributed by atoms with E-state index in [9.17, 15) is 4.79 Å². The summed E-state index contributed by atoms with van der Waals surface area (Å²) in [5.41, 5.74) is 2.77. The lowest BCUT2D eigenvalue weighted by Gasteiger charge is -2.21. The average molecular weight is 361 g/mol. The molecule has 0 aliphatic carbocycles. The van der Waals surface area contributed by atoms with Crippen molar-refractivity contribution in [2.75, 3.05) is 23.9 Å². The monoisotopic (exact) mass is 361 g/mol. The first-order valence-electron chi connectivity index (χ1n) is 9.26. The Morgan fingerprint density at radius 1 is 1.19 bits per heavy atom. The molecule has 1 aliphatic heterocycles. The summed E-state index contributed by atoms with van der Waals surface area (Å²) in [6.07, 6.45) is 3.34. The van der Waals surface area contributed by atoms with E-state index >= 15 is 0 Å². The van der Waals surface area contributed by atoms with Crippen molar-refractivity contribution in [3.63, 3.8) is 0 Å². The molecule has 5 heteroatoms. The number of carbonyl (C=O) groups is 1. The van der Waals surface area contributed by atoms with Crippen LogP contribution in [0.5, 0.6) is 5.75 Å². The lowest BCUT2D eigenvalue weighted by Crippen LogP contribution is -2.24. The molecule has 2 heterocycles. The van der Waals surface area contributed by atoms with E-state index in [4.69, 9.17) is 4.74 Å². The van der Waals surface area contributed by atoms with Crippen LogP contribution in [0.1, 0.15) is 31.5 Å². The number of nitrogens with one attached hydrogen (secondary N) is 1. The van der Waals surface area contributed by atoms with Crippen LogP contribution in [0.3, 0.4) is 0 Å². The van der Waals surface area contributed by atoms with Crippen LogP contribution < -0.4 is 15.0 Å². The molecule has 1 N–H and O–H groups in total. The first-order chi connectivity index (χ1) is 13.2. The van der Waals surface area contributed by atoms with Gasteiger partial charge in [-0.25, -0.2) is 0 Å². The minimum Gasteiger partial charge on any atom is -0.494 e. The Morgan fingerprint density at radius 3 is 2.81 bits per heavy atom. The first kappa shape index (κ1) is 17.3. The highest BCUT2D eigenvalue weighted by molar-refractivity contribution is 5.97. The molecular weight excluding hydrogens is 338 g/mol. The van der Waals surface area contributed by atoms with E-state index in [-0.39, 0.29) is 11.9 Å². The van der Waals surface area contributed by atoms with Gasteiger partial charge in [-0.15, -0.1) is 0 Å². The molecule has 3 aromatic rings. The van der Waals surface area contributed by atoms with Gasteiger partial charge < -0.3 is 15.0 Å². The molecule has 27 heavy (non-hydrogen) atoms. The van der Waals surface area contributed by atoms with Crippen molar-refractivity contribution in [3.05, 3.63) is 60.4 Å². The summed E-state index contributed by atoms with van der Waals surface area (Å²) >= 11 is 0. The molecule has 0 spiro atoms. The quantitative estimate of drug-likeness (QED) is 0.725. The number of rotatable bonds is 5. The predicted octanol–water partition coefficient (Wildman–Crippen LogP) is 4.54. The van der Waals surface area contributed by atoms with Gasteiger partial charge in [-0.1, -0.05) is 24.3 Å². The molecule has 1 atom stereocenters. The third-order valence-corrected chi connectivity index (χ3v) is 5.04. The zero-order valence-electron chi connectivity index (χ0n) is 15.6. The van der Waals surface area contributed by atoms with Gasteiger partial charge in [-0.2, -0.15) is 0 Å². The summed E-state index contributed by atoms with van der Waals surface area (Å²) in [6.45, 7) is 2.84. The maximum atomic E-state index is 12.1. The standard InChI is InChI=1S/C22H23N3O2/c1-15(22-18-7-4-3-6-16(18)11-12-23-22)24-17-9-10-19(20(14-17)27-2)25-13-5-8-21(25)26/h3-4,6-7,9-12,14-15,24H,5,8,13H2,1-2H3. The fourth-order valence-electron chi connectivity index (χ4n) is 3.70. The molecule has 1 aromatic heterocycles. The molecule has 4 rings (SSSR count). The average Bonchev–Trinajstić information content (AvgIpc) is 3.13. The molecule has 2 aromatic carbocycles. The van der Waals surface area contributed by atoms with E-state index in [1.54, 1.807) is 12.0 Å². The van der Waals surface area contributed by atoms with E-state index in [0.29, 0.717) is 12.2 Å². The van der Waals surface area contributed by atoms with Gasteiger partial charge in [0.2, 0.25) is 5.91 Å². The second kappa shape index (κ2) is 7.27. The van der Waals surface area contributed by atoms with Crippen molar-refractivity contribution in [1.29, 1.82) is 0 Å². The third-order valence-electron chi connectivity index (χ3n) is 5.04. The largest absolute Gasteiger partial charge is 0.494 e. The SMILES string of the molecule is COc1cc(NC(C)c2nccc3ccccc23)ccc1N1CCCC1=O. The number of hydrogen-bond donors (Lipinski definition) is 1. The van der Waals surface area contributed by atoms with Gasteiger partial charge in [0, 0.05) is 36.3 Å². The van der Waals surface area contributed by atoms with Gasteiger partial charge in [-0.05, 0) is 36.9 Å². The number of nitrogens with zero attached hydrogens (tertiary/aromatic N) is 2. The molecule has 0 bridgehead atoms. The summed E-state index contributed by atoms with van der Waals surface area (Å²) < 4.78 is 5.55. The van der Waals surface area contributed by atoms with Crippen molar-refractivity contribution >= 4 is 28.1 Å². The molecule has 138 valence electrons. The molecule has 0 radical (unpaired) electrons. The van der Waals surface area contributed by atoms with E-state index in [1.807, 2.05) is 42.6 Å². The van der Waals surface area contributed by atoms with Crippen LogP contribution in [-0.4, -0.2) is 24.5 Å². The summed E-state index contributed by atoms with van der Waals surface area (Å²) in [5.74, 6) is 0.857. The van der Waals surface area contributed by atoms with Crippen LogP contribution in [0.2, 0.25) is 0 Å². The molecule has 1 fully saturated rings. The number of pyridine rings is 1. The maximum Gasteiger partial charge on any atom is 0.227 e. The summed E-state index contributed by atoms with van der Waals surface area (Å²) in [6, 6.07) is 16.2. The first-order valence-corrected chi connectivity index (χ1v) is 9.26. The minimum atomic E-state index is 0.0278. The number of fused-ring (bicyclic) bond motifs is 1. The zero-order valence-corrected chi connectivity index (χ0v) is 15.6. The smallest absolute Gasteiger partial charge is 0.227 e. The molecule has 1 aliphatic rings. The summed E-state index contributed by atoms with van der Waals surface area (Å²) in [4.78, 5) is 18.5. The van der Waals surface area contributed by atoms with Crippen LogP contribution >= 0.6 is 0 Å². The Bertz CT molecular complexity index is 981. The van der Waals surface area contributed by atoms with Crippen molar-refractivity contribution in [2.45, 2.75) is 25.8 Å². The zero-order chi connectivity index (χ0) is 18.8. The lowest BCUT2D eigenvalue weighted by molar-refractivity contribution is -0.117. The van der Waals surface area contributed by atoms with Gasteiger partial charge in [0.1, 0.15) is 5.75 Å². The van der Waals surface area contributed by atoms with Gasteiger partial charge in [0.15, 0.2) is 0 Å².